The van der Waals surface area contributed by atoms with Gasteiger partial charge in [0.1, 0.15) is 5.69 Å². The van der Waals surface area contributed by atoms with Gasteiger partial charge in [0.2, 0.25) is 0 Å². The summed E-state index contributed by atoms with van der Waals surface area (Å²) in [6.07, 6.45) is 0.267. The minimum absolute atomic E-state index is 0.103. The Morgan fingerprint density at radius 3 is 2.35 bits per heavy atom. The maximum absolute atomic E-state index is 13.7. The number of aliphatic hydroxyl groups is 1. The Morgan fingerprint density at radius 2 is 1.78 bits per heavy atom. The van der Waals surface area contributed by atoms with Crippen molar-refractivity contribution in [2.24, 2.45) is 0 Å². The van der Waals surface area contributed by atoms with E-state index in [2.05, 4.69) is 10.6 Å². The third-order valence-corrected chi connectivity index (χ3v) is 3.39. The molecule has 0 aromatic heterocycles. The van der Waals surface area contributed by atoms with Crippen LogP contribution >= 0.6 is 11.6 Å². The first-order chi connectivity index (χ1) is 11.0. The van der Waals surface area contributed by atoms with Gasteiger partial charge in [-0.25, -0.2) is 13.6 Å². The SMILES string of the molecule is O=C(Nc1c(F)cc(Cl)cc1F)N[C@H](CCO)c1ccccc1. The number of carbonyl (C=O) groups is 1. The van der Waals surface area contributed by atoms with Crippen molar-refractivity contribution >= 4 is 23.3 Å². The zero-order chi connectivity index (χ0) is 16.8. The molecule has 0 bridgehead atoms. The highest BCUT2D eigenvalue weighted by Crippen LogP contribution is 2.24. The molecule has 1 atom stereocenters. The number of rotatable bonds is 5. The van der Waals surface area contributed by atoms with Gasteiger partial charge in [-0.05, 0) is 24.1 Å². The van der Waals surface area contributed by atoms with Gasteiger partial charge in [-0.3, -0.25) is 0 Å². The summed E-state index contributed by atoms with van der Waals surface area (Å²) >= 11 is 5.53. The van der Waals surface area contributed by atoms with E-state index in [-0.39, 0.29) is 18.1 Å². The van der Waals surface area contributed by atoms with Crippen molar-refractivity contribution < 1.29 is 18.7 Å². The van der Waals surface area contributed by atoms with Crippen LogP contribution in [-0.2, 0) is 0 Å². The second-order valence-electron chi connectivity index (χ2n) is 4.82. The Balaban J connectivity index is 2.11. The third-order valence-electron chi connectivity index (χ3n) is 3.17. The molecule has 7 heteroatoms. The molecule has 2 amide bonds. The minimum atomic E-state index is -0.969. The molecule has 122 valence electrons. The van der Waals surface area contributed by atoms with E-state index in [0.29, 0.717) is 0 Å². The standard InChI is InChI=1S/C16H15ClF2N2O2/c17-11-8-12(18)15(13(19)9-11)21-16(23)20-14(6-7-22)10-4-2-1-3-5-10/h1-5,8-9,14,22H,6-7H2,(H2,20,21,23)/t14-/m1/s1. The van der Waals surface area contributed by atoms with E-state index in [1.165, 1.54) is 0 Å². The molecule has 0 aliphatic heterocycles. The summed E-state index contributed by atoms with van der Waals surface area (Å²) < 4.78 is 27.3. The molecule has 0 spiro atoms. The third kappa shape index (κ3) is 4.64. The second kappa shape index (κ2) is 7.89. The van der Waals surface area contributed by atoms with Crippen LogP contribution in [0.1, 0.15) is 18.0 Å². The number of amides is 2. The summed E-state index contributed by atoms with van der Waals surface area (Å²) in [5.74, 6) is -1.94. The van der Waals surface area contributed by atoms with Gasteiger partial charge in [-0.2, -0.15) is 0 Å². The first-order valence-corrected chi connectivity index (χ1v) is 7.27. The van der Waals surface area contributed by atoms with Crippen molar-refractivity contribution in [3.8, 4) is 0 Å². The summed E-state index contributed by atoms with van der Waals surface area (Å²) in [7, 11) is 0. The van der Waals surface area contributed by atoms with Gasteiger partial charge in [0.05, 0.1) is 6.04 Å². The highest BCUT2D eigenvalue weighted by atomic mass is 35.5. The Kier molecular flexibility index (Phi) is 5.90. The molecule has 2 aromatic carbocycles. The van der Waals surface area contributed by atoms with Gasteiger partial charge in [0.15, 0.2) is 11.6 Å². The lowest BCUT2D eigenvalue weighted by Crippen LogP contribution is -2.33. The smallest absolute Gasteiger partial charge is 0.319 e. The predicted molar refractivity (Wildman–Crippen MR) is 84.4 cm³/mol. The van der Waals surface area contributed by atoms with Crippen LogP contribution in [0.2, 0.25) is 5.02 Å². The Hall–Kier alpha value is -2.18. The number of anilines is 1. The van der Waals surface area contributed by atoms with E-state index in [0.717, 1.165) is 17.7 Å². The summed E-state index contributed by atoms with van der Waals surface area (Å²) in [5.41, 5.74) is 0.191. The van der Waals surface area contributed by atoms with Crippen LogP contribution < -0.4 is 10.6 Å². The lowest BCUT2D eigenvalue weighted by Gasteiger charge is -2.19. The van der Waals surface area contributed by atoms with E-state index in [9.17, 15) is 13.6 Å². The lowest BCUT2D eigenvalue weighted by atomic mass is 10.0. The normalized spacial score (nSPS) is 11.8. The molecule has 0 saturated carbocycles. The van der Waals surface area contributed by atoms with E-state index in [1.807, 2.05) is 6.07 Å². The minimum Gasteiger partial charge on any atom is -0.396 e. The van der Waals surface area contributed by atoms with Crippen molar-refractivity contribution in [2.75, 3.05) is 11.9 Å². The number of urea groups is 1. The number of halogens is 3. The lowest BCUT2D eigenvalue weighted by molar-refractivity contribution is 0.239. The topological polar surface area (TPSA) is 61.4 Å². The Bertz CT molecular complexity index is 660. The molecule has 0 fully saturated rings. The zero-order valence-corrected chi connectivity index (χ0v) is 12.8. The fourth-order valence-corrected chi connectivity index (χ4v) is 2.30. The highest BCUT2D eigenvalue weighted by molar-refractivity contribution is 6.30. The first kappa shape index (κ1) is 17.2. The molecular formula is C16H15ClF2N2O2. The quantitative estimate of drug-likeness (QED) is 0.774. The number of hydrogen-bond acceptors (Lipinski definition) is 2. The summed E-state index contributed by atoms with van der Waals surface area (Å²) in [5, 5.41) is 13.7. The van der Waals surface area contributed by atoms with Gasteiger partial charge >= 0.3 is 6.03 Å². The maximum Gasteiger partial charge on any atom is 0.319 e. The summed E-state index contributed by atoms with van der Waals surface area (Å²) in [6.45, 7) is -0.149. The molecule has 0 radical (unpaired) electrons. The molecule has 2 rings (SSSR count). The monoisotopic (exact) mass is 340 g/mol. The number of carbonyl (C=O) groups excluding carboxylic acids is 1. The van der Waals surface area contributed by atoms with Gasteiger partial charge < -0.3 is 15.7 Å². The first-order valence-electron chi connectivity index (χ1n) is 6.89. The van der Waals surface area contributed by atoms with Crippen LogP contribution in [0.25, 0.3) is 0 Å². The van der Waals surface area contributed by atoms with Gasteiger partial charge in [0.25, 0.3) is 0 Å². The number of hydrogen-bond donors (Lipinski definition) is 3. The second-order valence-corrected chi connectivity index (χ2v) is 5.25. The molecule has 0 heterocycles. The number of benzene rings is 2. The molecule has 23 heavy (non-hydrogen) atoms. The molecule has 0 saturated heterocycles. The zero-order valence-electron chi connectivity index (χ0n) is 12.0. The Labute approximate surface area is 137 Å². The van der Waals surface area contributed by atoms with Gasteiger partial charge in [0, 0.05) is 11.6 Å². The van der Waals surface area contributed by atoms with Crippen LogP contribution in [0, 0.1) is 11.6 Å². The van der Waals surface area contributed by atoms with Crippen LogP contribution in [0.5, 0.6) is 0 Å². The van der Waals surface area contributed by atoms with Crippen LogP contribution in [0.4, 0.5) is 19.3 Å². The van der Waals surface area contributed by atoms with E-state index < -0.39 is 29.4 Å². The molecule has 2 aromatic rings. The van der Waals surface area contributed by atoms with Crippen molar-refractivity contribution in [3.63, 3.8) is 0 Å². The molecule has 4 nitrogen and oxygen atoms in total. The average Bonchev–Trinajstić information content (AvgIpc) is 2.51. The molecular weight excluding hydrogens is 326 g/mol. The maximum atomic E-state index is 13.7. The van der Waals surface area contributed by atoms with Gasteiger partial charge in [-0.1, -0.05) is 41.9 Å². The Morgan fingerprint density at radius 1 is 1.17 bits per heavy atom. The van der Waals surface area contributed by atoms with E-state index >= 15 is 0 Å². The van der Waals surface area contributed by atoms with E-state index in [4.69, 9.17) is 16.7 Å². The summed E-state index contributed by atoms with van der Waals surface area (Å²) in [6, 6.07) is 9.50. The average molecular weight is 341 g/mol. The van der Waals surface area contributed by atoms with Crippen LogP contribution in [0.3, 0.4) is 0 Å². The fraction of sp³-hybridized carbons (Fsp3) is 0.188. The molecule has 3 N–H and O–H groups in total. The predicted octanol–water partition coefficient (Wildman–Crippen LogP) is 3.86. The highest BCUT2D eigenvalue weighted by Gasteiger charge is 2.17. The van der Waals surface area contributed by atoms with Crippen molar-refractivity contribution in [3.05, 3.63) is 64.7 Å². The largest absolute Gasteiger partial charge is 0.396 e. The van der Waals surface area contributed by atoms with E-state index in [1.54, 1.807) is 24.3 Å². The number of aliphatic hydroxyl groups excluding tert-OH is 1. The molecule has 0 unspecified atom stereocenters. The van der Waals surface area contributed by atoms with Crippen molar-refractivity contribution in [1.82, 2.24) is 5.32 Å². The molecule has 0 aliphatic rings. The molecule has 0 aliphatic carbocycles. The fourth-order valence-electron chi connectivity index (χ4n) is 2.11. The van der Waals surface area contributed by atoms with Crippen LogP contribution in [-0.4, -0.2) is 17.7 Å². The van der Waals surface area contributed by atoms with Gasteiger partial charge in [-0.15, -0.1) is 0 Å². The van der Waals surface area contributed by atoms with Crippen molar-refractivity contribution in [2.45, 2.75) is 12.5 Å². The number of nitrogens with one attached hydrogen (secondary N) is 2. The van der Waals surface area contributed by atoms with Crippen LogP contribution in [0.15, 0.2) is 42.5 Å². The van der Waals surface area contributed by atoms with Crippen molar-refractivity contribution in [1.29, 1.82) is 0 Å². The summed E-state index contributed by atoms with van der Waals surface area (Å²) in [4.78, 5) is 12.0.